The molecule has 0 radical (unpaired) electrons. The molecule has 8 heteroatoms. The Hall–Kier alpha value is -2.87. The summed E-state index contributed by atoms with van der Waals surface area (Å²) in [5.41, 5.74) is 1.53. The van der Waals surface area contributed by atoms with Gasteiger partial charge in [0, 0.05) is 25.6 Å². The van der Waals surface area contributed by atoms with Gasteiger partial charge in [0.1, 0.15) is 6.04 Å². The minimum Gasteiger partial charge on any atom is -0.352 e. The zero-order valence-corrected chi connectivity index (χ0v) is 21.5. The van der Waals surface area contributed by atoms with Crippen molar-refractivity contribution in [2.75, 3.05) is 17.1 Å². The Morgan fingerprint density at radius 2 is 1.60 bits per heavy atom. The Kier molecular flexibility index (Phi) is 9.72. The Morgan fingerprint density at radius 1 is 1.00 bits per heavy atom. The minimum atomic E-state index is -3.49. The number of hydrogen-bond donors (Lipinski definition) is 1. The number of anilines is 1. The first kappa shape index (κ1) is 26.7. The van der Waals surface area contributed by atoms with Crippen molar-refractivity contribution in [3.63, 3.8) is 0 Å². The molecule has 190 valence electrons. The second-order valence-corrected chi connectivity index (χ2v) is 11.1. The van der Waals surface area contributed by atoms with Gasteiger partial charge in [0.25, 0.3) is 0 Å². The first-order chi connectivity index (χ1) is 16.8. The van der Waals surface area contributed by atoms with E-state index in [1.54, 1.807) is 29.2 Å². The molecule has 0 aliphatic heterocycles. The van der Waals surface area contributed by atoms with Crippen LogP contribution in [0.25, 0.3) is 0 Å². The smallest absolute Gasteiger partial charge is 0.243 e. The number of carbonyl (C=O) groups is 2. The molecule has 0 bridgehead atoms. The number of hydrogen-bond acceptors (Lipinski definition) is 4. The van der Waals surface area contributed by atoms with Crippen LogP contribution in [0.1, 0.15) is 57.4 Å². The van der Waals surface area contributed by atoms with E-state index in [9.17, 15) is 18.0 Å². The molecule has 0 saturated heterocycles. The van der Waals surface area contributed by atoms with E-state index in [1.165, 1.54) is 10.6 Å². The van der Waals surface area contributed by atoms with Gasteiger partial charge in [-0.15, -0.1) is 0 Å². The van der Waals surface area contributed by atoms with Crippen LogP contribution in [-0.4, -0.2) is 50.0 Å². The normalized spacial score (nSPS) is 14.9. The number of nitrogens with one attached hydrogen (secondary N) is 1. The monoisotopic (exact) mass is 499 g/mol. The van der Waals surface area contributed by atoms with E-state index >= 15 is 0 Å². The number of benzene rings is 2. The molecule has 35 heavy (non-hydrogen) atoms. The van der Waals surface area contributed by atoms with Crippen LogP contribution in [-0.2, 0) is 26.2 Å². The molecule has 2 aromatic rings. The Labute approximate surface area is 209 Å². The summed E-state index contributed by atoms with van der Waals surface area (Å²) >= 11 is 0. The average Bonchev–Trinajstić information content (AvgIpc) is 3.35. The van der Waals surface area contributed by atoms with E-state index in [0.717, 1.165) is 31.2 Å². The lowest BCUT2D eigenvalue weighted by Crippen LogP contribution is -2.51. The highest BCUT2D eigenvalue weighted by atomic mass is 32.2. The van der Waals surface area contributed by atoms with E-state index in [1.807, 2.05) is 43.3 Å². The molecule has 0 unspecified atom stereocenters. The summed E-state index contributed by atoms with van der Waals surface area (Å²) in [6.07, 6.45) is 6.39. The second kappa shape index (κ2) is 12.7. The van der Waals surface area contributed by atoms with Crippen molar-refractivity contribution >= 4 is 27.5 Å². The molecular weight excluding hydrogens is 462 g/mol. The maximum Gasteiger partial charge on any atom is 0.243 e. The van der Waals surface area contributed by atoms with Gasteiger partial charge in [-0.1, -0.05) is 68.3 Å². The zero-order chi connectivity index (χ0) is 25.3. The van der Waals surface area contributed by atoms with Gasteiger partial charge in [0.05, 0.1) is 11.9 Å². The van der Waals surface area contributed by atoms with Gasteiger partial charge >= 0.3 is 0 Å². The molecule has 0 heterocycles. The van der Waals surface area contributed by atoms with Gasteiger partial charge in [-0.25, -0.2) is 8.42 Å². The Balaban J connectivity index is 1.72. The van der Waals surface area contributed by atoms with Crippen molar-refractivity contribution in [2.24, 2.45) is 0 Å². The first-order valence-electron chi connectivity index (χ1n) is 12.5. The molecule has 3 rings (SSSR count). The summed E-state index contributed by atoms with van der Waals surface area (Å²) in [7, 11) is -3.49. The maximum atomic E-state index is 13.4. The van der Waals surface area contributed by atoms with Crippen molar-refractivity contribution in [1.82, 2.24) is 10.2 Å². The summed E-state index contributed by atoms with van der Waals surface area (Å²) in [5.74, 6) is -0.255. The topological polar surface area (TPSA) is 86.8 Å². The number of carbonyl (C=O) groups excluding carboxylic acids is 2. The van der Waals surface area contributed by atoms with E-state index < -0.39 is 16.1 Å². The molecule has 0 spiro atoms. The Morgan fingerprint density at radius 3 is 2.17 bits per heavy atom. The highest BCUT2D eigenvalue weighted by Gasteiger charge is 2.30. The molecule has 1 fully saturated rings. The number of sulfonamides is 1. The van der Waals surface area contributed by atoms with E-state index in [4.69, 9.17) is 0 Å². The number of amides is 2. The van der Waals surface area contributed by atoms with Gasteiger partial charge in [-0.05, 0) is 43.4 Å². The van der Waals surface area contributed by atoms with E-state index in [2.05, 4.69) is 5.32 Å². The van der Waals surface area contributed by atoms with Crippen LogP contribution in [0.15, 0.2) is 60.7 Å². The molecule has 1 N–H and O–H groups in total. The van der Waals surface area contributed by atoms with Crippen LogP contribution < -0.4 is 9.62 Å². The third-order valence-electron chi connectivity index (χ3n) is 6.48. The summed E-state index contributed by atoms with van der Waals surface area (Å²) in [4.78, 5) is 28.3. The molecule has 1 aliphatic carbocycles. The quantitative estimate of drug-likeness (QED) is 0.476. The van der Waals surface area contributed by atoms with Crippen LogP contribution >= 0.6 is 0 Å². The molecule has 1 atom stereocenters. The van der Waals surface area contributed by atoms with Crippen molar-refractivity contribution in [3.8, 4) is 0 Å². The number of rotatable bonds is 12. The predicted octanol–water partition coefficient (Wildman–Crippen LogP) is 4.10. The molecule has 0 aromatic heterocycles. The summed E-state index contributed by atoms with van der Waals surface area (Å²) < 4.78 is 26.1. The van der Waals surface area contributed by atoms with Crippen LogP contribution in [0.2, 0.25) is 0 Å². The van der Waals surface area contributed by atoms with Crippen molar-refractivity contribution in [3.05, 3.63) is 66.2 Å². The van der Waals surface area contributed by atoms with Crippen LogP contribution in [0, 0.1) is 0 Å². The highest BCUT2D eigenvalue weighted by molar-refractivity contribution is 7.92. The van der Waals surface area contributed by atoms with Crippen LogP contribution in [0.5, 0.6) is 0 Å². The Bertz CT molecular complexity index is 1050. The lowest BCUT2D eigenvalue weighted by Gasteiger charge is -2.32. The highest BCUT2D eigenvalue weighted by Crippen LogP contribution is 2.21. The van der Waals surface area contributed by atoms with Gasteiger partial charge in [-0.3, -0.25) is 13.9 Å². The predicted molar refractivity (Wildman–Crippen MR) is 139 cm³/mol. The molecule has 1 saturated carbocycles. The van der Waals surface area contributed by atoms with Gasteiger partial charge in [-0.2, -0.15) is 0 Å². The SMILES string of the molecule is CC[C@H](C(=O)NC1CCCC1)N(Cc1ccccc1)C(=O)CCCN(c1ccccc1)S(C)(=O)=O. The fourth-order valence-corrected chi connectivity index (χ4v) is 5.63. The number of para-hydroxylation sites is 1. The zero-order valence-electron chi connectivity index (χ0n) is 20.7. The molecule has 1 aliphatic rings. The molecule has 2 aromatic carbocycles. The fourth-order valence-electron chi connectivity index (χ4n) is 4.67. The summed E-state index contributed by atoms with van der Waals surface area (Å²) in [6, 6.07) is 18.1. The third kappa shape index (κ3) is 7.82. The van der Waals surface area contributed by atoms with Crippen LogP contribution in [0.4, 0.5) is 5.69 Å². The lowest BCUT2D eigenvalue weighted by molar-refractivity contribution is -0.141. The van der Waals surface area contributed by atoms with Crippen molar-refractivity contribution in [2.45, 2.75) is 70.5 Å². The minimum absolute atomic E-state index is 0.106. The van der Waals surface area contributed by atoms with Crippen LogP contribution in [0.3, 0.4) is 0 Å². The largest absolute Gasteiger partial charge is 0.352 e. The standard InChI is InChI=1S/C27H37N3O4S/c1-3-25(27(32)28-23-15-10-11-16-23)29(21-22-13-6-4-7-14-22)26(31)19-12-20-30(35(2,33)34)24-17-8-5-9-18-24/h4-9,13-14,17-18,23,25H,3,10-12,15-16,19-21H2,1-2H3,(H,28,32)/t25-/m1/s1. The van der Waals surface area contributed by atoms with E-state index in [0.29, 0.717) is 25.1 Å². The molecule has 2 amide bonds. The van der Waals surface area contributed by atoms with Crippen molar-refractivity contribution < 1.29 is 18.0 Å². The second-order valence-electron chi connectivity index (χ2n) is 9.20. The third-order valence-corrected chi connectivity index (χ3v) is 7.67. The summed E-state index contributed by atoms with van der Waals surface area (Å²) in [5, 5.41) is 3.15. The van der Waals surface area contributed by atoms with Gasteiger partial charge in [0.15, 0.2) is 0 Å². The average molecular weight is 500 g/mol. The first-order valence-corrected chi connectivity index (χ1v) is 14.3. The molecule has 7 nitrogen and oxygen atoms in total. The summed E-state index contributed by atoms with van der Waals surface area (Å²) in [6.45, 7) is 2.45. The fraction of sp³-hybridized carbons (Fsp3) is 0.481. The van der Waals surface area contributed by atoms with Gasteiger partial charge < -0.3 is 10.2 Å². The number of nitrogens with zero attached hydrogens (tertiary/aromatic N) is 2. The van der Waals surface area contributed by atoms with Crippen molar-refractivity contribution in [1.29, 1.82) is 0 Å². The van der Waals surface area contributed by atoms with E-state index in [-0.39, 0.29) is 30.8 Å². The van der Waals surface area contributed by atoms with Gasteiger partial charge in [0.2, 0.25) is 21.8 Å². The molecular formula is C27H37N3O4S. The maximum absolute atomic E-state index is 13.4. The lowest BCUT2D eigenvalue weighted by atomic mass is 10.1.